The van der Waals surface area contributed by atoms with E-state index in [2.05, 4.69) is 14.9 Å². The van der Waals surface area contributed by atoms with Crippen LogP contribution in [0.2, 0.25) is 0 Å². The van der Waals surface area contributed by atoms with Gasteiger partial charge in [0.2, 0.25) is 0 Å². The fraction of sp³-hybridized carbons (Fsp3) is 0.556. The van der Waals surface area contributed by atoms with E-state index in [9.17, 15) is 5.11 Å². The van der Waals surface area contributed by atoms with Gasteiger partial charge in [-0.3, -0.25) is 4.98 Å². The Morgan fingerprint density at radius 1 is 1.38 bits per heavy atom. The third-order valence-corrected chi connectivity index (χ3v) is 2.27. The lowest BCUT2D eigenvalue weighted by Crippen LogP contribution is -2.37. The highest BCUT2D eigenvalue weighted by Gasteiger charge is 2.15. The molecule has 1 aromatic heterocycles. The van der Waals surface area contributed by atoms with Gasteiger partial charge in [0.05, 0.1) is 24.2 Å². The Labute approximate surface area is 77.2 Å². The molecular formula is C9H13N3O. The summed E-state index contributed by atoms with van der Waals surface area (Å²) in [7, 11) is 0. The number of aromatic nitrogens is 2. The molecule has 2 rings (SSSR count). The molecule has 4 heteroatoms. The van der Waals surface area contributed by atoms with Crippen LogP contribution < -0.4 is 4.90 Å². The summed E-state index contributed by atoms with van der Waals surface area (Å²) in [5.74, 6) is 0.913. The van der Waals surface area contributed by atoms with E-state index in [1.165, 1.54) is 6.42 Å². The molecule has 0 spiro atoms. The third-order valence-electron chi connectivity index (χ3n) is 2.27. The van der Waals surface area contributed by atoms with Crippen LogP contribution in [-0.2, 0) is 0 Å². The van der Waals surface area contributed by atoms with E-state index in [0.717, 1.165) is 18.9 Å². The maximum Gasteiger partial charge on any atom is 0.147 e. The topological polar surface area (TPSA) is 49.3 Å². The third kappa shape index (κ3) is 1.62. The molecule has 1 fully saturated rings. The number of nitrogens with zero attached hydrogens (tertiary/aromatic N) is 3. The second kappa shape index (κ2) is 3.30. The molecule has 0 saturated carbocycles. The summed E-state index contributed by atoms with van der Waals surface area (Å²) in [5, 5.41) is 9.21. The summed E-state index contributed by atoms with van der Waals surface area (Å²) in [4.78, 5) is 10.5. The lowest BCUT2D eigenvalue weighted by Gasteiger charge is -2.31. The van der Waals surface area contributed by atoms with Crippen molar-refractivity contribution in [3.05, 3.63) is 18.1 Å². The first kappa shape index (κ1) is 8.44. The van der Waals surface area contributed by atoms with E-state index in [4.69, 9.17) is 0 Å². The van der Waals surface area contributed by atoms with Gasteiger partial charge in [-0.1, -0.05) is 0 Å². The Kier molecular flexibility index (Phi) is 2.14. The van der Waals surface area contributed by atoms with Crippen molar-refractivity contribution in [2.24, 2.45) is 0 Å². The highest BCUT2D eigenvalue weighted by atomic mass is 16.3. The van der Waals surface area contributed by atoms with E-state index in [1.807, 2.05) is 0 Å². The normalized spacial score (nSPS) is 18.2. The molecule has 13 heavy (non-hydrogen) atoms. The molecule has 1 N–H and O–H groups in total. The molecule has 0 aliphatic carbocycles. The van der Waals surface area contributed by atoms with Gasteiger partial charge >= 0.3 is 0 Å². The summed E-state index contributed by atoms with van der Waals surface area (Å²) < 4.78 is 0. The van der Waals surface area contributed by atoms with Gasteiger partial charge in [0.1, 0.15) is 5.82 Å². The highest BCUT2D eigenvalue weighted by Crippen LogP contribution is 2.17. The van der Waals surface area contributed by atoms with Gasteiger partial charge in [0, 0.05) is 13.1 Å². The van der Waals surface area contributed by atoms with Crippen LogP contribution in [0.3, 0.4) is 0 Å². The lowest BCUT2D eigenvalue weighted by molar-refractivity contribution is 0.194. The molecule has 1 aliphatic heterocycles. The maximum absolute atomic E-state index is 9.21. The van der Waals surface area contributed by atoms with E-state index >= 15 is 0 Å². The molecule has 70 valence electrons. The Morgan fingerprint density at radius 2 is 2.15 bits per heavy atom. The second-order valence-electron chi connectivity index (χ2n) is 3.32. The first-order chi connectivity index (χ1) is 6.27. The molecule has 4 nitrogen and oxygen atoms in total. The zero-order chi connectivity index (χ0) is 9.26. The van der Waals surface area contributed by atoms with Crippen LogP contribution in [0, 0.1) is 0 Å². The Bertz CT molecular complexity index is 279. The average molecular weight is 179 g/mol. The van der Waals surface area contributed by atoms with Crippen molar-refractivity contribution in [1.82, 2.24) is 9.97 Å². The minimum atomic E-state index is -0.530. The van der Waals surface area contributed by atoms with E-state index in [1.54, 1.807) is 19.3 Å². The minimum Gasteiger partial charge on any atom is -0.387 e. The van der Waals surface area contributed by atoms with Gasteiger partial charge in [-0.15, -0.1) is 0 Å². The van der Waals surface area contributed by atoms with Gasteiger partial charge in [-0.2, -0.15) is 0 Å². The molecule has 1 aliphatic rings. The van der Waals surface area contributed by atoms with Crippen LogP contribution in [-0.4, -0.2) is 28.2 Å². The van der Waals surface area contributed by atoms with E-state index in [-0.39, 0.29) is 0 Å². The Balaban J connectivity index is 2.13. The SMILES string of the molecule is CC(O)c1cnc(N2CCC2)cn1. The van der Waals surface area contributed by atoms with Crippen molar-refractivity contribution in [2.75, 3.05) is 18.0 Å². The van der Waals surface area contributed by atoms with Crippen molar-refractivity contribution >= 4 is 5.82 Å². The number of aliphatic hydroxyl groups excluding tert-OH is 1. The first-order valence-corrected chi connectivity index (χ1v) is 4.52. The molecule has 1 aromatic rings. The van der Waals surface area contributed by atoms with Crippen LogP contribution in [0.4, 0.5) is 5.82 Å². The van der Waals surface area contributed by atoms with Crippen LogP contribution in [0.5, 0.6) is 0 Å². The average Bonchev–Trinajstić information content (AvgIpc) is 2.02. The fourth-order valence-electron chi connectivity index (χ4n) is 1.26. The minimum absolute atomic E-state index is 0.530. The van der Waals surface area contributed by atoms with Crippen molar-refractivity contribution in [2.45, 2.75) is 19.4 Å². The van der Waals surface area contributed by atoms with Gasteiger partial charge in [0.25, 0.3) is 0 Å². The maximum atomic E-state index is 9.21. The van der Waals surface area contributed by atoms with E-state index < -0.39 is 6.10 Å². The lowest BCUT2D eigenvalue weighted by atomic mass is 10.2. The van der Waals surface area contributed by atoms with E-state index in [0.29, 0.717) is 5.69 Å². The number of aliphatic hydroxyl groups is 1. The molecule has 2 heterocycles. The van der Waals surface area contributed by atoms with Gasteiger partial charge in [-0.05, 0) is 13.3 Å². The molecule has 0 bridgehead atoms. The number of hydrogen-bond donors (Lipinski definition) is 1. The summed E-state index contributed by atoms with van der Waals surface area (Å²) in [5.41, 5.74) is 0.629. The Morgan fingerprint density at radius 3 is 2.54 bits per heavy atom. The highest BCUT2D eigenvalue weighted by molar-refractivity contribution is 5.38. The van der Waals surface area contributed by atoms with Gasteiger partial charge in [-0.25, -0.2) is 4.98 Å². The molecule has 1 unspecified atom stereocenters. The van der Waals surface area contributed by atoms with Crippen LogP contribution in [0.25, 0.3) is 0 Å². The molecule has 0 aromatic carbocycles. The zero-order valence-electron chi connectivity index (χ0n) is 7.64. The summed E-state index contributed by atoms with van der Waals surface area (Å²) in [6.07, 6.45) is 4.07. The fourth-order valence-corrected chi connectivity index (χ4v) is 1.26. The number of anilines is 1. The smallest absolute Gasteiger partial charge is 0.147 e. The quantitative estimate of drug-likeness (QED) is 0.727. The molecule has 1 saturated heterocycles. The molecule has 1 atom stereocenters. The summed E-state index contributed by atoms with van der Waals surface area (Å²) >= 11 is 0. The molecule has 0 radical (unpaired) electrons. The zero-order valence-corrected chi connectivity index (χ0v) is 7.64. The second-order valence-corrected chi connectivity index (χ2v) is 3.32. The van der Waals surface area contributed by atoms with Gasteiger partial charge < -0.3 is 10.0 Å². The number of rotatable bonds is 2. The standard InChI is InChI=1S/C9H13N3O/c1-7(13)8-5-11-9(6-10-8)12-3-2-4-12/h5-7,13H,2-4H2,1H3. The summed E-state index contributed by atoms with van der Waals surface area (Å²) in [6, 6.07) is 0. The van der Waals surface area contributed by atoms with Gasteiger partial charge in [0.15, 0.2) is 0 Å². The van der Waals surface area contributed by atoms with Crippen LogP contribution in [0.1, 0.15) is 25.1 Å². The van der Waals surface area contributed by atoms with Crippen LogP contribution >= 0.6 is 0 Å². The van der Waals surface area contributed by atoms with Crippen molar-refractivity contribution in [3.8, 4) is 0 Å². The monoisotopic (exact) mass is 179 g/mol. The molecular weight excluding hydrogens is 166 g/mol. The van der Waals surface area contributed by atoms with Crippen molar-refractivity contribution in [1.29, 1.82) is 0 Å². The number of hydrogen-bond acceptors (Lipinski definition) is 4. The predicted octanol–water partition coefficient (Wildman–Crippen LogP) is 0.740. The van der Waals surface area contributed by atoms with Crippen molar-refractivity contribution < 1.29 is 5.11 Å². The van der Waals surface area contributed by atoms with Crippen molar-refractivity contribution in [3.63, 3.8) is 0 Å². The summed E-state index contributed by atoms with van der Waals surface area (Å²) in [6.45, 7) is 3.83. The van der Waals surface area contributed by atoms with Crippen LogP contribution in [0.15, 0.2) is 12.4 Å². The predicted molar refractivity (Wildman–Crippen MR) is 49.5 cm³/mol. The molecule has 0 amide bonds. The first-order valence-electron chi connectivity index (χ1n) is 4.52. The largest absolute Gasteiger partial charge is 0.387 e. The Hall–Kier alpha value is -1.16.